The summed E-state index contributed by atoms with van der Waals surface area (Å²) in [7, 11) is -1.56. The van der Waals surface area contributed by atoms with E-state index < -0.39 is 8.07 Å². The third-order valence-corrected chi connectivity index (χ3v) is 3.75. The van der Waals surface area contributed by atoms with Gasteiger partial charge in [-0.15, -0.1) is 5.54 Å². The standard InChI is InChI=1S/C17H17NO2Si/c1-21(2,3)12-11-15-9-10-16(13-17(15)18(19)20)14-7-5-4-6-8-14/h4-10,13H,1-3H3. The van der Waals surface area contributed by atoms with Gasteiger partial charge in [-0.3, -0.25) is 10.1 Å². The van der Waals surface area contributed by atoms with Crippen LogP contribution in [0.25, 0.3) is 11.1 Å². The summed E-state index contributed by atoms with van der Waals surface area (Å²) in [5, 5.41) is 11.3. The minimum atomic E-state index is -1.56. The number of rotatable bonds is 2. The van der Waals surface area contributed by atoms with Gasteiger partial charge in [0.05, 0.1) is 4.92 Å². The van der Waals surface area contributed by atoms with Crippen molar-refractivity contribution in [1.29, 1.82) is 0 Å². The molecule has 0 spiro atoms. The maximum Gasteiger partial charge on any atom is 0.285 e. The first kappa shape index (κ1) is 15.0. The fourth-order valence-electron chi connectivity index (χ4n) is 1.85. The molecule has 3 nitrogen and oxygen atoms in total. The van der Waals surface area contributed by atoms with E-state index in [1.54, 1.807) is 12.1 Å². The maximum atomic E-state index is 11.3. The van der Waals surface area contributed by atoms with Crippen LogP contribution in [0.2, 0.25) is 19.6 Å². The Morgan fingerprint density at radius 3 is 2.24 bits per heavy atom. The molecule has 0 radical (unpaired) electrons. The SMILES string of the molecule is C[Si](C)(C)C#Cc1ccc(-c2ccccc2)cc1[N+](=O)[O-]. The molecule has 0 amide bonds. The van der Waals surface area contributed by atoms with E-state index in [4.69, 9.17) is 0 Å². The molecule has 0 N–H and O–H groups in total. The Balaban J connectivity index is 2.50. The number of hydrogen-bond acceptors (Lipinski definition) is 2. The zero-order chi connectivity index (χ0) is 15.5. The average Bonchev–Trinajstić information content (AvgIpc) is 2.45. The molecule has 0 bridgehead atoms. The fraction of sp³-hybridized carbons (Fsp3) is 0.176. The lowest BCUT2D eigenvalue weighted by Gasteiger charge is -2.05. The molecule has 0 unspecified atom stereocenters. The highest BCUT2D eigenvalue weighted by atomic mass is 28.3. The molecule has 0 atom stereocenters. The van der Waals surface area contributed by atoms with Gasteiger partial charge in [0.25, 0.3) is 5.69 Å². The van der Waals surface area contributed by atoms with Crippen LogP contribution in [0.1, 0.15) is 5.56 Å². The molecule has 2 aromatic rings. The molecule has 0 fully saturated rings. The molecule has 0 saturated carbocycles. The highest BCUT2D eigenvalue weighted by Crippen LogP contribution is 2.26. The van der Waals surface area contributed by atoms with Gasteiger partial charge in [-0.05, 0) is 17.2 Å². The number of hydrogen-bond donors (Lipinski definition) is 0. The Morgan fingerprint density at radius 2 is 1.67 bits per heavy atom. The minimum Gasteiger partial charge on any atom is -0.258 e. The molecule has 0 heterocycles. The van der Waals surface area contributed by atoms with Gasteiger partial charge in [0.2, 0.25) is 0 Å². The maximum absolute atomic E-state index is 11.3. The Kier molecular flexibility index (Phi) is 4.25. The van der Waals surface area contributed by atoms with Gasteiger partial charge in [-0.2, -0.15) is 0 Å². The van der Waals surface area contributed by atoms with E-state index in [1.165, 1.54) is 0 Å². The van der Waals surface area contributed by atoms with Crippen LogP contribution in [0.15, 0.2) is 48.5 Å². The average molecular weight is 295 g/mol. The van der Waals surface area contributed by atoms with Crippen LogP contribution in [-0.2, 0) is 0 Å². The van der Waals surface area contributed by atoms with Crippen LogP contribution in [0, 0.1) is 21.6 Å². The number of benzene rings is 2. The Labute approximate surface area is 125 Å². The number of nitro benzene ring substituents is 1. The molecule has 0 aromatic heterocycles. The molecular weight excluding hydrogens is 278 g/mol. The van der Waals surface area contributed by atoms with Gasteiger partial charge in [0, 0.05) is 6.07 Å². The molecule has 4 heteroatoms. The van der Waals surface area contributed by atoms with Crippen molar-refractivity contribution in [2.75, 3.05) is 0 Å². The van der Waals surface area contributed by atoms with Crippen LogP contribution < -0.4 is 0 Å². The van der Waals surface area contributed by atoms with Gasteiger partial charge >= 0.3 is 0 Å². The molecular formula is C17H17NO2Si. The first-order chi connectivity index (χ1) is 9.87. The molecule has 0 aliphatic carbocycles. The zero-order valence-corrected chi connectivity index (χ0v) is 13.4. The predicted octanol–water partition coefficient (Wildman–Crippen LogP) is 4.49. The fourth-order valence-corrected chi connectivity index (χ4v) is 2.36. The smallest absolute Gasteiger partial charge is 0.258 e. The van der Waals surface area contributed by atoms with Gasteiger partial charge in [0.15, 0.2) is 0 Å². The van der Waals surface area contributed by atoms with Gasteiger partial charge in [0.1, 0.15) is 13.6 Å². The van der Waals surface area contributed by atoms with E-state index in [-0.39, 0.29) is 10.6 Å². The van der Waals surface area contributed by atoms with Crippen molar-refractivity contribution >= 4 is 13.8 Å². The van der Waals surface area contributed by atoms with Gasteiger partial charge < -0.3 is 0 Å². The van der Waals surface area contributed by atoms with E-state index in [2.05, 4.69) is 31.1 Å². The zero-order valence-electron chi connectivity index (χ0n) is 12.4. The number of nitro groups is 1. The summed E-state index contributed by atoms with van der Waals surface area (Å²) < 4.78 is 0. The van der Waals surface area contributed by atoms with Crippen molar-refractivity contribution in [3.8, 4) is 22.6 Å². The topological polar surface area (TPSA) is 43.1 Å². The van der Waals surface area contributed by atoms with Crippen molar-refractivity contribution in [3.05, 3.63) is 64.2 Å². The molecule has 2 rings (SSSR count). The Morgan fingerprint density at radius 1 is 1.00 bits per heavy atom. The van der Waals surface area contributed by atoms with Crippen LogP contribution in [0.5, 0.6) is 0 Å². The summed E-state index contributed by atoms with van der Waals surface area (Å²) in [5.41, 5.74) is 5.53. The monoisotopic (exact) mass is 295 g/mol. The first-order valence-electron chi connectivity index (χ1n) is 6.74. The summed E-state index contributed by atoms with van der Waals surface area (Å²) >= 11 is 0. The van der Waals surface area contributed by atoms with Gasteiger partial charge in [-0.1, -0.05) is 62.0 Å². The lowest BCUT2D eigenvalue weighted by molar-refractivity contribution is -0.385. The molecule has 21 heavy (non-hydrogen) atoms. The molecule has 2 aromatic carbocycles. The van der Waals surface area contributed by atoms with Crippen LogP contribution in [-0.4, -0.2) is 13.0 Å². The quantitative estimate of drug-likeness (QED) is 0.354. The van der Waals surface area contributed by atoms with Gasteiger partial charge in [-0.25, -0.2) is 0 Å². The van der Waals surface area contributed by atoms with E-state index >= 15 is 0 Å². The van der Waals surface area contributed by atoms with Crippen molar-refractivity contribution in [1.82, 2.24) is 0 Å². The lowest BCUT2D eigenvalue weighted by atomic mass is 10.0. The molecule has 0 aliphatic heterocycles. The predicted molar refractivity (Wildman–Crippen MR) is 88.8 cm³/mol. The third-order valence-electron chi connectivity index (χ3n) is 2.87. The van der Waals surface area contributed by atoms with E-state index in [1.807, 2.05) is 36.4 Å². The van der Waals surface area contributed by atoms with Crippen LogP contribution in [0.3, 0.4) is 0 Å². The third kappa shape index (κ3) is 4.04. The van der Waals surface area contributed by atoms with E-state index in [0.29, 0.717) is 5.56 Å². The molecule has 106 valence electrons. The highest BCUT2D eigenvalue weighted by Gasteiger charge is 2.15. The highest BCUT2D eigenvalue weighted by molar-refractivity contribution is 6.83. The molecule has 0 saturated heterocycles. The summed E-state index contributed by atoms with van der Waals surface area (Å²) in [6.07, 6.45) is 0. The van der Waals surface area contributed by atoms with E-state index in [9.17, 15) is 10.1 Å². The number of nitrogens with zero attached hydrogens (tertiary/aromatic N) is 1. The largest absolute Gasteiger partial charge is 0.285 e. The first-order valence-corrected chi connectivity index (χ1v) is 10.2. The van der Waals surface area contributed by atoms with Crippen LogP contribution >= 0.6 is 0 Å². The Bertz CT molecular complexity index is 722. The minimum absolute atomic E-state index is 0.0714. The van der Waals surface area contributed by atoms with E-state index in [0.717, 1.165) is 11.1 Å². The normalized spacial score (nSPS) is 10.6. The van der Waals surface area contributed by atoms with Crippen molar-refractivity contribution in [2.45, 2.75) is 19.6 Å². The second-order valence-corrected chi connectivity index (χ2v) is 10.6. The van der Waals surface area contributed by atoms with Crippen molar-refractivity contribution in [3.63, 3.8) is 0 Å². The van der Waals surface area contributed by atoms with Crippen LogP contribution in [0.4, 0.5) is 5.69 Å². The summed E-state index contributed by atoms with van der Waals surface area (Å²) in [6, 6.07) is 14.9. The molecule has 0 aliphatic rings. The second kappa shape index (κ2) is 5.94. The van der Waals surface area contributed by atoms with Crippen molar-refractivity contribution < 1.29 is 4.92 Å². The second-order valence-electron chi connectivity index (χ2n) is 5.86. The summed E-state index contributed by atoms with van der Waals surface area (Å²) in [4.78, 5) is 10.9. The summed E-state index contributed by atoms with van der Waals surface area (Å²) in [6.45, 7) is 6.35. The lowest BCUT2D eigenvalue weighted by Crippen LogP contribution is -2.16. The summed E-state index contributed by atoms with van der Waals surface area (Å²) in [5.74, 6) is 2.98. The van der Waals surface area contributed by atoms with Crippen molar-refractivity contribution in [2.24, 2.45) is 0 Å². The Hall–Kier alpha value is -2.38.